The van der Waals surface area contributed by atoms with Gasteiger partial charge in [0.05, 0.1) is 6.42 Å². The number of hydrogen-bond donors (Lipinski definition) is 2. The molecule has 2 aromatic rings. The summed E-state index contributed by atoms with van der Waals surface area (Å²) >= 11 is 0. The number of likely N-dealkylation sites (tertiary alicyclic amines) is 1. The Labute approximate surface area is 200 Å². The minimum atomic E-state index is -0.864. The topological polar surface area (TPSA) is 95.9 Å². The van der Waals surface area contributed by atoms with E-state index < -0.39 is 12.1 Å². The van der Waals surface area contributed by atoms with Gasteiger partial charge in [0.1, 0.15) is 6.61 Å². The summed E-state index contributed by atoms with van der Waals surface area (Å²) in [5, 5.41) is 11.9. The van der Waals surface area contributed by atoms with Gasteiger partial charge in [0.15, 0.2) is 0 Å². The number of carbonyl (C=O) groups excluding carboxylic acids is 2. The van der Waals surface area contributed by atoms with E-state index >= 15 is 0 Å². The number of amides is 2. The molecule has 7 heteroatoms. The molecule has 1 saturated heterocycles. The van der Waals surface area contributed by atoms with Crippen molar-refractivity contribution in [3.8, 4) is 11.1 Å². The molecule has 0 spiro atoms. The van der Waals surface area contributed by atoms with Crippen LogP contribution in [0, 0.1) is 0 Å². The number of ether oxygens (including phenoxy) is 1. The number of alkyl carbamates (subject to hydrolysis) is 1. The fourth-order valence-electron chi connectivity index (χ4n) is 5.13. The Morgan fingerprint density at radius 3 is 2.32 bits per heavy atom. The van der Waals surface area contributed by atoms with Gasteiger partial charge in [0.2, 0.25) is 5.91 Å². The lowest BCUT2D eigenvalue weighted by molar-refractivity contribution is -0.142. The van der Waals surface area contributed by atoms with E-state index in [-0.39, 0.29) is 30.9 Å². The second-order valence-electron chi connectivity index (χ2n) is 9.04. The van der Waals surface area contributed by atoms with Gasteiger partial charge in [0, 0.05) is 31.5 Å². The lowest BCUT2D eigenvalue weighted by Crippen LogP contribution is -2.44. The van der Waals surface area contributed by atoms with E-state index in [1.807, 2.05) is 24.3 Å². The van der Waals surface area contributed by atoms with Crippen molar-refractivity contribution in [3.05, 3.63) is 59.7 Å². The predicted octanol–water partition coefficient (Wildman–Crippen LogP) is 4.55. The lowest BCUT2D eigenvalue weighted by atomic mass is 9.98. The Bertz CT molecular complexity index is 992. The minimum absolute atomic E-state index is 0.00657. The van der Waals surface area contributed by atoms with Crippen molar-refractivity contribution in [2.24, 2.45) is 0 Å². The van der Waals surface area contributed by atoms with Gasteiger partial charge in [-0.2, -0.15) is 0 Å². The molecular formula is C27H32N2O5. The van der Waals surface area contributed by atoms with Crippen LogP contribution in [0.5, 0.6) is 0 Å². The average Bonchev–Trinajstić information content (AvgIpc) is 3.16. The molecule has 7 nitrogen and oxygen atoms in total. The van der Waals surface area contributed by atoms with E-state index in [9.17, 15) is 14.4 Å². The fraction of sp³-hybridized carbons (Fsp3) is 0.444. The van der Waals surface area contributed by atoms with Crippen molar-refractivity contribution < 1.29 is 24.2 Å². The number of carboxylic acid groups (broad SMARTS) is 1. The highest BCUT2D eigenvalue weighted by Gasteiger charge is 2.29. The maximum atomic E-state index is 12.6. The summed E-state index contributed by atoms with van der Waals surface area (Å²) in [7, 11) is 0. The number of carboxylic acids is 1. The first-order valence-electron chi connectivity index (χ1n) is 12.1. The molecular weight excluding hydrogens is 432 g/mol. The molecule has 1 fully saturated rings. The van der Waals surface area contributed by atoms with Crippen molar-refractivity contribution >= 4 is 18.0 Å². The third-order valence-corrected chi connectivity index (χ3v) is 6.79. The van der Waals surface area contributed by atoms with Crippen LogP contribution in [0.1, 0.15) is 62.0 Å². The van der Waals surface area contributed by atoms with Gasteiger partial charge in [-0.15, -0.1) is 0 Å². The van der Waals surface area contributed by atoms with E-state index in [0.29, 0.717) is 32.4 Å². The molecule has 0 saturated carbocycles. The van der Waals surface area contributed by atoms with E-state index in [4.69, 9.17) is 9.84 Å². The van der Waals surface area contributed by atoms with Crippen LogP contribution in [-0.4, -0.2) is 53.7 Å². The molecule has 0 unspecified atom stereocenters. The first-order valence-corrected chi connectivity index (χ1v) is 12.1. The van der Waals surface area contributed by atoms with Crippen LogP contribution in [0.15, 0.2) is 48.5 Å². The van der Waals surface area contributed by atoms with E-state index in [0.717, 1.165) is 19.3 Å². The molecule has 1 aliphatic carbocycles. The van der Waals surface area contributed by atoms with Gasteiger partial charge in [0.25, 0.3) is 0 Å². The van der Waals surface area contributed by atoms with E-state index in [1.165, 1.54) is 22.3 Å². The quantitative estimate of drug-likeness (QED) is 0.531. The van der Waals surface area contributed by atoms with Crippen LogP contribution >= 0.6 is 0 Å². The second-order valence-corrected chi connectivity index (χ2v) is 9.04. The Hall–Kier alpha value is -3.35. The number of carbonyl (C=O) groups is 3. The zero-order valence-corrected chi connectivity index (χ0v) is 19.4. The van der Waals surface area contributed by atoms with Gasteiger partial charge in [-0.3, -0.25) is 9.59 Å². The number of nitrogens with zero attached hydrogens (tertiary/aromatic N) is 1. The second kappa shape index (κ2) is 11.2. The summed E-state index contributed by atoms with van der Waals surface area (Å²) in [5.74, 6) is -0.830. The zero-order valence-electron chi connectivity index (χ0n) is 19.4. The fourth-order valence-corrected chi connectivity index (χ4v) is 5.13. The number of aliphatic carboxylic acids is 1. The number of fused-ring (bicyclic) bond motifs is 3. The number of hydrogen-bond acceptors (Lipinski definition) is 4. The molecule has 0 aromatic heterocycles. The van der Waals surface area contributed by atoms with Crippen molar-refractivity contribution in [1.29, 1.82) is 0 Å². The maximum Gasteiger partial charge on any atom is 0.407 e. The van der Waals surface area contributed by atoms with Crippen molar-refractivity contribution in [1.82, 2.24) is 10.2 Å². The first-order chi connectivity index (χ1) is 16.5. The van der Waals surface area contributed by atoms with Crippen LogP contribution in [0.3, 0.4) is 0 Å². The molecule has 1 heterocycles. The molecule has 2 amide bonds. The minimum Gasteiger partial charge on any atom is -0.481 e. The summed E-state index contributed by atoms with van der Waals surface area (Å²) < 4.78 is 5.53. The number of nitrogens with one attached hydrogen (secondary N) is 1. The van der Waals surface area contributed by atoms with Gasteiger partial charge >= 0.3 is 12.1 Å². The number of rotatable bonds is 9. The zero-order chi connectivity index (χ0) is 23.9. The summed E-state index contributed by atoms with van der Waals surface area (Å²) in [5.41, 5.74) is 4.73. The molecule has 4 rings (SSSR count). The smallest absolute Gasteiger partial charge is 0.407 e. The molecule has 180 valence electrons. The van der Waals surface area contributed by atoms with Crippen molar-refractivity contribution in [3.63, 3.8) is 0 Å². The number of unbranched alkanes of at least 4 members (excludes halogenated alkanes) is 1. The number of benzene rings is 2. The molecule has 34 heavy (non-hydrogen) atoms. The van der Waals surface area contributed by atoms with E-state index in [2.05, 4.69) is 29.6 Å². The van der Waals surface area contributed by atoms with Crippen LogP contribution in [0.4, 0.5) is 4.79 Å². The largest absolute Gasteiger partial charge is 0.481 e. The van der Waals surface area contributed by atoms with Gasteiger partial charge in [-0.1, -0.05) is 48.5 Å². The molecule has 2 aromatic carbocycles. The monoisotopic (exact) mass is 464 g/mol. The van der Waals surface area contributed by atoms with Crippen molar-refractivity contribution in [2.75, 3.05) is 19.7 Å². The number of piperidine rings is 1. The highest BCUT2D eigenvalue weighted by molar-refractivity contribution is 5.79. The Kier molecular flexibility index (Phi) is 7.83. The summed E-state index contributed by atoms with van der Waals surface area (Å²) in [4.78, 5) is 37.6. The van der Waals surface area contributed by atoms with Crippen LogP contribution < -0.4 is 5.32 Å². The molecule has 2 aliphatic rings. The van der Waals surface area contributed by atoms with Gasteiger partial charge < -0.3 is 20.1 Å². The predicted molar refractivity (Wildman–Crippen MR) is 129 cm³/mol. The Morgan fingerprint density at radius 2 is 1.65 bits per heavy atom. The molecule has 2 N–H and O–H groups in total. The SMILES string of the molecule is O=C(O)C[C@@H]1CCCCN1C(=O)CCCCNC(=O)OCC1c2ccccc2-c2ccccc21. The van der Waals surface area contributed by atoms with E-state index in [1.54, 1.807) is 4.90 Å². The standard InChI is InChI=1S/C27H32N2O5/c30-25(29-16-8-6-9-19(29)17-26(31)32)14-5-7-15-28-27(33)34-18-24-22-12-3-1-10-20(22)21-11-2-4-13-23(21)24/h1-4,10-13,19,24H,5-9,14-18H2,(H,28,33)(H,31,32)/t19-/m0/s1. The van der Waals surface area contributed by atoms with Crippen LogP contribution in [0.25, 0.3) is 11.1 Å². The maximum absolute atomic E-state index is 12.6. The lowest BCUT2D eigenvalue weighted by Gasteiger charge is -2.35. The summed E-state index contributed by atoms with van der Waals surface area (Å²) in [6, 6.07) is 16.2. The Morgan fingerprint density at radius 1 is 0.971 bits per heavy atom. The highest BCUT2D eigenvalue weighted by atomic mass is 16.5. The molecule has 1 aliphatic heterocycles. The van der Waals surface area contributed by atoms with Gasteiger partial charge in [-0.25, -0.2) is 4.79 Å². The van der Waals surface area contributed by atoms with Crippen LogP contribution in [-0.2, 0) is 14.3 Å². The van der Waals surface area contributed by atoms with Crippen LogP contribution in [0.2, 0.25) is 0 Å². The third kappa shape index (κ3) is 5.58. The van der Waals surface area contributed by atoms with Crippen molar-refractivity contribution in [2.45, 2.75) is 56.9 Å². The molecule has 0 bridgehead atoms. The normalized spacial score (nSPS) is 17.1. The highest BCUT2D eigenvalue weighted by Crippen LogP contribution is 2.44. The molecule has 1 atom stereocenters. The summed E-state index contributed by atoms with van der Waals surface area (Å²) in [6.07, 6.45) is 3.85. The first kappa shape index (κ1) is 23.8. The van der Waals surface area contributed by atoms with Gasteiger partial charge in [-0.05, 0) is 54.4 Å². The average molecular weight is 465 g/mol. The molecule has 0 radical (unpaired) electrons. The summed E-state index contributed by atoms with van der Waals surface area (Å²) in [6.45, 7) is 1.34. The Balaban J connectivity index is 1.18. The third-order valence-electron chi connectivity index (χ3n) is 6.79.